The number of hydrogen-bond donors (Lipinski definition) is 1. The molecular formula is C15H23ClN2O4S2. The predicted molar refractivity (Wildman–Crippen MR) is 96.5 cm³/mol. The largest absolute Gasteiger partial charge is 0.370 e. The van der Waals surface area contributed by atoms with Gasteiger partial charge in [-0.2, -0.15) is 11.3 Å². The van der Waals surface area contributed by atoms with Gasteiger partial charge < -0.3 is 15.0 Å². The summed E-state index contributed by atoms with van der Waals surface area (Å²) in [5.74, 6) is -0.259. The maximum absolute atomic E-state index is 13.1. The molecule has 6 nitrogen and oxygen atoms in total. The SMILES string of the molecule is CS(=O)(=O)C1(C(=O)N2CCOC(c3ccsc3)C2)CCNCC1.Cl. The number of carbonyl (C=O) groups is 1. The number of sulfone groups is 1. The molecule has 2 aliphatic heterocycles. The number of hydrogen-bond acceptors (Lipinski definition) is 6. The first-order valence-corrected chi connectivity index (χ1v) is 10.6. The smallest absolute Gasteiger partial charge is 0.244 e. The zero-order valence-corrected chi connectivity index (χ0v) is 16.0. The van der Waals surface area contributed by atoms with Gasteiger partial charge in [0, 0.05) is 12.8 Å². The Morgan fingerprint density at radius 3 is 2.71 bits per heavy atom. The molecule has 136 valence electrons. The van der Waals surface area contributed by atoms with Crippen molar-refractivity contribution < 1.29 is 17.9 Å². The molecule has 1 N–H and O–H groups in total. The molecule has 1 aromatic heterocycles. The quantitative estimate of drug-likeness (QED) is 0.834. The standard InChI is InChI=1S/C15H22N2O4S2.ClH/c1-23(19,20)15(3-5-16-6-4-15)14(18)17-7-8-21-13(10-17)12-2-9-22-11-12;/h2,9,11,13,16H,3-8,10H2,1H3;1H. The second-order valence-electron chi connectivity index (χ2n) is 6.18. The predicted octanol–water partition coefficient (Wildman–Crippen LogP) is 1.24. The van der Waals surface area contributed by atoms with Gasteiger partial charge in [-0.05, 0) is 48.3 Å². The number of piperidine rings is 1. The van der Waals surface area contributed by atoms with Crippen molar-refractivity contribution in [2.75, 3.05) is 39.0 Å². The molecule has 1 atom stereocenters. The summed E-state index contributed by atoms with van der Waals surface area (Å²) in [7, 11) is -3.48. The Kier molecular flexibility index (Phi) is 6.30. The fraction of sp³-hybridized carbons (Fsp3) is 0.667. The summed E-state index contributed by atoms with van der Waals surface area (Å²) < 4.78 is 29.3. The molecular weight excluding hydrogens is 372 g/mol. The zero-order valence-electron chi connectivity index (χ0n) is 13.6. The molecule has 3 rings (SSSR count). The van der Waals surface area contributed by atoms with Crippen molar-refractivity contribution in [2.24, 2.45) is 0 Å². The molecule has 2 fully saturated rings. The average molecular weight is 395 g/mol. The van der Waals surface area contributed by atoms with Crippen molar-refractivity contribution in [1.29, 1.82) is 0 Å². The van der Waals surface area contributed by atoms with Crippen LogP contribution in [0.4, 0.5) is 0 Å². The van der Waals surface area contributed by atoms with E-state index < -0.39 is 14.6 Å². The van der Waals surface area contributed by atoms with E-state index >= 15 is 0 Å². The molecule has 0 spiro atoms. The van der Waals surface area contributed by atoms with Crippen LogP contribution < -0.4 is 5.32 Å². The molecule has 2 saturated heterocycles. The van der Waals surface area contributed by atoms with E-state index in [1.54, 1.807) is 16.2 Å². The summed E-state index contributed by atoms with van der Waals surface area (Å²) in [6.07, 6.45) is 1.70. The molecule has 0 bridgehead atoms. The molecule has 9 heteroatoms. The van der Waals surface area contributed by atoms with Crippen LogP contribution in [0, 0.1) is 0 Å². The molecule has 0 aliphatic carbocycles. The monoisotopic (exact) mass is 394 g/mol. The first-order chi connectivity index (χ1) is 10.9. The molecule has 0 saturated carbocycles. The lowest BCUT2D eigenvalue weighted by Gasteiger charge is -2.41. The van der Waals surface area contributed by atoms with Crippen LogP contribution in [-0.2, 0) is 19.4 Å². The molecule has 0 radical (unpaired) electrons. The first kappa shape index (κ1) is 19.7. The van der Waals surface area contributed by atoms with Crippen LogP contribution in [0.15, 0.2) is 16.8 Å². The van der Waals surface area contributed by atoms with Crippen LogP contribution in [0.1, 0.15) is 24.5 Å². The number of thiophene rings is 1. The third-order valence-corrected chi connectivity index (χ3v) is 7.48. The highest BCUT2D eigenvalue weighted by Gasteiger charge is 2.51. The Bertz CT molecular complexity index is 657. The minimum absolute atomic E-state index is 0. The van der Waals surface area contributed by atoms with Crippen LogP contribution in [0.5, 0.6) is 0 Å². The van der Waals surface area contributed by atoms with Crippen molar-refractivity contribution in [3.05, 3.63) is 22.4 Å². The Balaban J connectivity index is 0.00000208. The van der Waals surface area contributed by atoms with E-state index in [0.29, 0.717) is 45.6 Å². The molecule has 1 aromatic rings. The van der Waals surface area contributed by atoms with Crippen molar-refractivity contribution >= 4 is 39.5 Å². The van der Waals surface area contributed by atoms with Gasteiger partial charge in [0.15, 0.2) is 14.6 Å². The third-order valence-electron chi connectivity index (χ3n) is 4.78. The fourth-order valence-electron chi connectivity index (χ4n) is 3.36. The maximum atomic E-state index is 13.1. The van der Waals surface area contributed by atoms with E-state index in [1.807, 2.05) is 16.8 Å². The highest BCUT2D eigenvalue weighted by Crippen LogP contribution is 2.32. The van der Waals surface area contributed by atoms with E-state index in [2.05, 4.69) is 5.32 Å². The van der Waals surface area contributed by atoms with Gasteiger partial charge in [-0.1, -0.05) is 0 Å². The van der Waals surface area contributed by atoms with E-state index in [-0.39, 0.29) is 24.4 Å². The van der Waals surface area contributed by atoms with E-state index in [4.69, 9.17) is 4.74 Å². The lowest BCUT2D eigenvalue weighted by Crippen LogP contribution is -2.60. The summed E-state index contributed by atoms with van der Waals surface area (Å²) >= 11 is 1.59. The fourth-order valence-corrected chi connectivity index (χ4v) is 5.45. The van der Waals surface area contributed by atoms with Crippen molar-refractivity contribution in [3.8, 4) is 0 Å². The van der Waals surface area contributed by atoms with Crippen LogP contribution in [0.25, 0.3) is 0 Å². The van der Waals surface area contributed by atoms with Crippen LogP contribution in [-0.4, -0.2) is 63.0 Å². The number of nitrogens with zero attached hydrogens (tertiary/aromatic N) is 1. The Morgan fingerprint density at radius 2 is 2.12 bits per heavy atom. The number of nitrogens with one attached hydrogen (secondary N) is 1. The second-order valence-corrected chi connectivity index (χ2v) is 9.29. The highest BCUT2D eigenvalue weighted by atomic mass is 35.5. The Morgan fingerprint density at radius 1 is 1.42 bits per heavy atom. The van der Waals surface area contributed by atoms with Crippen LogP contribution >= 0.6 is 23.7 Å². The summed E-state index contributed by atoms with van der Waals surface area (Å²) in [6, 6.07) is 1.99. The van der Waals surface area contributed by atoms with E-state index in [0.717, 1.165) is 5.56 Å². The molecule has 2 aliphatic rings. The third kappa shape index (κ3) is 3.62. The molecule has 3 heterocycles. The van der Waals surface area contributed by atoms with Gasteiger partial charge in [-0.15, -0.1) is 12.4 Å². The van der Waals surface area contributed by atoms with Gasteiger partial charge >= 0.3 is 0 Å². The van der Waals surface area contributed by atoms with Gasteiger partial charge in [-0.25, -0.2) is 8.42 Å². The number of morpholine rings is 1. The maximum Gasteiger partial charge on any atom is 0.244 e. The zero-order chi connectivity index (χ0) is 16.5. The van der Waals surface area contributed by atoms with E-state index in [9.17, 15) is 13.2 Å². The van der Waals surface area contributed by atoms with Crippen molar-refractivity contribution in [3.63, 3.8) is 0 Å². The van der Waals surface area contributed by atoms with Crippen LogP contribution in [0.2, 0.25) is 0 Å². The lowest BCUT2D eigenvalue weighted by atomic mass is 9.94. The van der Waals surface area contributed by atoms with Gasteiger partial charge in [0.05, 0.1) is 13.2 Å². The van der Waals surface area contributed by atoms with Gasteiger partial charge in [0.2, 0.25) is 5.91 Å². The van der Waals surface area contributed by atoms with Crippen molar-refractivity contribution in [2.45, 2.75) is 23.7 Å². The lowest BCUT2D eigenvalue weighted by molar-refractivity contribution is -0.142. The molecule has 0 aromatic carbocycles. The number of rotatable bonds is 3. The van der Waals surface area contributed by atoms with Crippen LogP contribution in [0.3, 0.4) is 0 Å². The minimum Gasteiger partial charge on any atom is -0.370 e. The first-order valence-electron chi connectivity index (χ1n) is 7.77. The second kappa shape index (κ2) is 7.70. The van der Waals surface area contributed by atoms with Crippen molar-refractivity contribution in [1.82, 2.24) is 10.2 Å². The molecule has 24 heavy (non-hydrogen) atoms. The summed E-state index contributed by atoms with van der Waals surface area (Å²) in [5, 5.41) is 7.13. The van der Waals surface area contributed by atoms with Gasteiger partial charge in [-0.3, -0.25) is 4.79 Å². The average Bonchev–Trinajstić information content (AvgIpc) is 3.08. The molecule has 1 amide bonds. The summed E-state index contributed by atoms with van der Waals surface area (Å²) in [6.45, 7) is 2.41. The number of amides is 1. The summed E-state index contributed by atoms with van der Waals surface area (Å²) in [5.41, 5.74) is 1.05. The molecule has 1 unspecified atom stereocenters. The number of halogens is 1. The topological polar surface area (TPSA) is 75.7 Å². The Hall–Kier alpha value is -0.670. The number of carbonyl (C=O) groups excluding carboxylic acids is 1. The Labute approximate surface area is 152 Å². The van der Waals surface area contributed by atoms with E-state index in [1.165, 1.54) is 6.26 Å². The van der Waals surface area contributed by atoms with Gasteiger partial charge in [0.25, 0.3) is 0 Å². The highest BCUT2D eigenvalue weighted by molar-refractivity contribution is 7.92. The minimum atomic E-state index is -3.48. The normalized spacial score (nSPS) is 24.2. The van der Waals surface area contributed by atoms with Gasteiger partial charge in [0.1, 0.15) is 6.10 Å². The summed E-state index contributed by atoms with van der Waals surface area (Å²) in [4.78, 5) is 14.8. The number of ether oxygens (including phenoxy) is 1.